The highest BCUT2D eigenvalue weighted by molar-refractivity contribution is 7.13. The molecule has 102 valence electrons. The van der Waals surface area contributed by atoms with E-state index in [2.05, 4.69) is 15.3 Å². The van der Waals surface area contributed by atoms with Gasteiger partial charge in [0.25, 0.3) is 0 Å². The second-order valence-electron chi connectivity index (χ2n) is 4.18. The first kappa shape index (κ1) is 13.4. The zero-order valence-corrected chi connectivity index (χ0v) is 12.2. The van der Waals surface area contributed by atoms with Gasteiger partial charge in [-0.25, -0.2) is 14.4 Å². The van der Waals surface area contributed by atoms with Crippen LogP contribution in [0.5, 0.6) is 0 Å². The van der Waals surface area contributed by atoms with Gasteiger partial charge in [0.2, 0.25) is 0 Å². The maximum absolute atomic E-state index is 12.9. The van der Waals surface area contributed by atoms with Gasteiger partial charge in [0.1, 0.15) is 15.8 Å². The molecule has 0 aliphatic heterocycles. The molecule has 1 aromatic carbocycles. The standard InChI is InChI=1S/C14H12FN3S2/c15-11-3-1-10(2-4-11)14-18-12(9-20-14)7-16-8-13-17-5-6-19-13/h1-6,9,16H,7-8H2. The average molecular weight is 305 g/mol. The van der Waals surface area contributed by atoms with Crippen LogP contribution in [0.2, 0.25) is 0 Å². The van der Waals surface area contributed by atoms with E-state index >= 15 is 0 Å². The number of rotatable bonds is 5. The number of thiazole rings is 2. The maximum Gasteiger partial charge on any atom is 0.123 e. The van der Waals surface area contributed by atoms with Gasteiger partial charge in [-0.1, -0.05) is 0 Å². The third-order valence-corrected chi connectivity index (χ3v) is 4.43. The fourth-order valence-electron chi connectivity index (χ4n) is 1.75. The summed E-state index contributed by atoms with van der Waals surface area (Å²) in [6, 6.07) is 6.41. The first-order valence-corrected chi connectivity index (χ1v) is 7.86. The van der Waals surface area contributed by atoms with Crippen LogP contribution in [0.1, 0.15) is 10.7 Å². The lowest BCUT2D eigenvalue weighted by Gasteiger charge is -1.99. The predicted molar refractivity (Wildman–Crippen MR) is 80.2 cm³/mol. The number of benzene rings is 1. The Morgan fingerprint density at radius 1 is 1.10 bits per heavy atom. The van der Waals surface area contributed by atoms with Crippen molar-refractivity contribution in [3.63, 3.8) is 0 Å². The molecule has 1 N–H and O–H groups in total. The average Bonchev–Trinajstić information content (AvgIpc) is 3.11. The molecule has 0 radical (unpaired) electrons. The molecule has 0 unspecified atom stereocenters. The first-order valence-electron chi connectivity index (χ1n) is 6.11. The van der Waals surface area contributed by atoms with E-state index in [1.807, 2.05) is 10.8 Å². The highest BCUT2D eigenvalue weighted by atomic mass is 32.1. The van der Waals surface area contributed by atoms with E-state index in [0.717, 1.165) is 27.8 Å². The molecule has 0 fully saturated rings. The number of halogens is 1. The second-order valence-corrected chi connectivity index (χ2v) is 6.02. The van der Waals surface area contributed by atoms with Crippen molar-refractivity contribution in [3.8, 4) is 10.6 Å². The van der Waals surface area contributed by atoms with Gasteiger partial charge in [0.05, 0.1) is 5.69 Å². The van der Waals surface area contributed by atoms with E-state index in [1.165, 1.54) is 12.1 Å². The zero-order chi connectivity index (χ0) is 13.8. The zero-order valence-electron chi connectivity index (χ0n) is 10.5. The van der Waals surface area contributed by atoms with E-state index in [0.29, 0.717) is 6.54 Å². The Balaban J connectivity index is 1.60. The molecule has 2 heterocycles. The van der Waals surface area contributed by atoms with Crippen molar-refractivity contribution in [1.82, 2.24) is 15.3 Å². The van der Waals surface area contributed by atoms with Crippen molar-refractivity contribution in [2.75, 3.05) is 0 Å². The van der Waals surface area contributed by atoms with Crippen LogP contribution in [0.25, 0.3) is 10.6 Å². The number of nitrogens with zero attached hydrogens (tertiary/aromatic N) is 2. The molecule has 3 aromatic rings. The van der Waals surface area contributed by atoms with Crippen LogP contribution >= 0.6 is 22.7 Å². The first-order chi connectivity index (χ1) is 9.81. The Bertz CT molecular complexity index is 662. The van der Waals surface area contributed by atoms with Gasteiger partial charge in [-0.05, 0) is 24.3 Å². The fourth-order valence-corrected chi connectivity index (χ4v) is 3.16. The van der Waals surface area contributed by atoms with E-state index in [4.69, 9.17) is 0 Å². The van der Waals surface area contributed by atoms with Crippen molar-refractivity contribution in [2.45, 2.75) is 13.1 Å². The summed E-state index contributed by atoms with van der Waals surface area (Å²) in [5, 5.41) is 9.28. The van der Waals surface area contributed by atoms with Crippen molar-refractivity contribution < 1.29 is 4.39 Å². The molecule has 0 bridgehead atoms. The molecular weight excluding hydrogens is 293 g/mol. The molecule has 0 aliphatic carbocycles. The minimum Gasteiger partial charge on any atom is -0.305 e. The Hall–Kier alpha value is -1.63. The summed E-state index contributed by atoms with van der Waals surface area (Å²) < 4.78 is 12.9. The highest BCUT2D eigenvalue weighted by Gasteiger charge is 2.05. The maximum atomic E-state index is 12.9. The molecular formula is C14H12FN3S2. The van der Waals surface area contributed by atoms with Crippen molar-refractivity contribution >= 4 is 22.7 Å². The normalized spacial score (nSPS) is 10.8. The van der Waals surface area contributed by atoms with Gasteiger partial charge in [0, 0.05) is 35.6 Å². The topological polar surface area (TPSA) is 37.8 Å². The van der Waals surface area contributed by atoms with Gasteiger partial charge in [-0.2, -0.15) is 0 Å². The molecule has 3 rings (SSSR count). The summed E-state index contributed by atoms with van der Waals surface area (Å²) in [7, 11) is 0. The van der Waals surface area contributed by atoms with Gasteiger partial charge in [-0.3, -0.25) is 0 Å². The van der Waals surface area contributed by atoms with E-state index in [1.54, 1.807) is 41.0 Å². The fraction of sp³-hybridized carbons (Fsp3) is 0.143. The van der Waals surface area contributed by atoms with E-state index in [-0.39, 0.29) is 5.82 Å². The smallest absolute Gasteiger partial charge is 0.123 e. The molecule has 0 atom stereocenters. The van der Waals surface area contributed by atoms with E-state index in [9.17, 15) is 4.39 Å². The van der Waals surface area contributed by atoms with Gasteiger partial charge in [0.15, 0.2) is 0 Å². The Labute approximate surface area is 124 Å². The summed E-state index contributed by atoms with van der Waals surface area (Å²) in [5.74, 6) is -0.226. The van der Waals surface area contributed by atoms with Crippen LogP contribution in [0.4, 0.5) is 4.39 Å². The SMILES string of the molecule is Fc1ccc(-c2nc(CNCc3nccs3)cs2)cc1. The second kappa shape index (κ2) is 6.21. The largest absolute Gasteiger partial charge is 0.305 e. The van der Waals surface area contributed by atoms with Crippen LogP contribution < -0.4 is 5.32 Å². The molecule has 20 heavy (non-hydrogen) atoms. The summed E-state index contributed by atoms with van der Waals surface area (Å²) in [6.07, 6.45) is 1.80. The lowest BCUT2D eigenvalue weighted by Crippen LogP contribution is -2.12. The predicted octanol–water partition coefficient (Wildman–Crippen LogP) is 3.70. The number of nitrogens with one attached hydrogen (secondary N) is 1. The summed E-state index contributed by atoms with van der Waals surface area (Å²) >= 11 is 3.20. The molecule has 0 spiro atoms. The van der Waals surface area contributed by atoms with Gasteiger partial charge in [-0.15, -0.1) is 22.7 Å². The minimum absolute atomic E-state index is 0.226. The van der Waals surface area contributed by atoms with Crippen LogP contribution in [0, 0.1) is 5.82 Å². The van der Waals surface area contributed by atoms with Crippen LogP contribution in [-0.2, 0) is 13.1 Å². The van der Waals surface area contributed by atoms with Gasteiger partial charge >= 0.3 is 0 Å². The number of hydrogen-bond acceptors (Lipinski definition) is 5. The summed E-state index contributed by atoms with van der Waals surface area (Å²) in [4.78, 5) is 8.76. The van der Waals surface area contributed by atoms with Crippen molar-refractivity contribution in [2.24, 2.45) is 0 Å². The monoisotopic (exact) mass is 305 g/mol. The van der Waals surface area contributed by atoms with Crippen molar-refractivity contribution in [3.05, 3.63) is 57.7 Å². The summed E-state index contributed by atoms with van der Waals surface area (Å²) in [6.45, 7) is 1.46. The molecule has 3 nitrogen and oxygen atoms in total. The third kappa shape index (κ3) is 3.27. The summed E-state index contributed by atoms with van der Waals surface area (Å²) in [5.41, 5.74) is 1.94. The molecule has 0 saturated heterocycles. The third-order valence-electron chi connectivity index (χ3n) is 2.71. The Kier molecular flexibility index (Phi) is 4.15. The highest BCUT2D eigenvalue weighted by Crippen LogP contribution is 2.23. The van der Waals surface area contributed by atoms with Crippen LogP contribution in [0.15, 0.2) is 41.2 Å². The minimum atomic E-state index is -0.226. The number of hydrogen-bond donors (Lipinski definition) is 1. The van der Waals surface area contributed by atoms with Gasteiger partial charge < -0.3 is 5.32 Å². The van der Waals surface area contributed by atoms with Crippen LogP contribution in [-0.4, -0.2) is 9.97 Å². The Morgan fingerprint density at radius 2 is 1.95 bits per heavy atom. The number of aromatic nitrogens is 2. The molecule has 0 saturated carbocycles. The lowest BCUT2D eigenvalue weighted by molar-refractivity contribution is 0.628. The van der Waals surface area contributed by atoms with Crippen molar-refractivity contribution in [1.29, 1.82) is 0 Å². The van der Waals surface area contributed by atoms with Crippen LogP contribution in [0.3, 0.4) is 0 Å². The molecule has 0 amide bonds. The Morgan fingerprint density at radius 3 is 2.70 bits per heavy atom. The quantitative estimate of drug-likeness (QED) is 0.781. The molecule has 2 aromatic heterocycles. The molecule has 6 heteroatoms. The molecule has 0 aliphatic rings. The lowest BCUT2D eigenvalue weighted by atomic mass is 10.2. The van der Waals surface area contributed by atoms with E-state index < -0.39 is 0 Å².